The lowest BCUT2D eigenvalue weighted by Gasteiger charge is -2.21. The number of hydrogen-bond acceptors (Lipinski definition) is 5. The molecule has 0 aromatic heterocycles. The number of carboxylic acids is 1. The molecule has 0 aliphatic rings. The number of amides is 2. The Morgan fingerprint density at radius 3 is 2.30 bits per heavy atom. The van der Waals surface area contributed by atoms with Crippen LogP contribution in [0.1, 0.15) is 52.0 Å². The summed E-state index contributed by atoms with van der Waals surface area (Å²) in [4.78, 5) is 39.1. The molecule has 0 fully saturated rings. The third kappa shape index (κ3) is 8.01. The molecule has 4 rings (SSSR count). The first-order valence-electron chi connectivity index (χ1n) is 14.2. The van der Waals surface area contributed by atoms with E-state index < -0.39 is 5.97 Å². The number of methoxy groups -OCH3 is 1. The molecule has 0 unspecified atom stereocenters. The van der Waals surface area contributed by atoms with Gasteiger partial charge in [0, 0.05) is 24.6 Å². The second-order valence-electron chi connectivity index (χ2n) is 10.2. The van der Waals surface area contributed by atoms with E-state index in [2.05, 4.69) is 5.32 Å². The number of benzene rings is 4. The molecule has 4 aromatic carbocycles. The molecule has 43 heavy (non-hydrogen) atoms. The average Bonchev–Trinajstić information content (AvgIpc) is 3.02. The highest BCUT2D eigenvalue weighted by Gasteiger charge is 2.20. The Labute approximate surface area is 251 Å². The first-order chi connectivity index (χ1) is 20.8. The number of unbranched alkanes of at least 4 members (excludes halogenated alkanes) is 2. The number of carbonyl (C=O) groups excluding carboxylic acids is 2. The zero-order valence-electron chi connectivity index (χ0n) is 24.6. The summed E-state index contributed by atoms with van der Waals surface area (Å²) in [6.45, 7) is 2.43. The van der Waals surface area contributed by atoms with Gasteiger partial charge in [0.05, 0.1) is 25.1 Å². The van der Waals surface area contributed by atoms with Gasteiger partial charge in [-0.2, -0.15) is 0 Å². The van der Waals surface area contributed by atoms with E-state index in [0.717, 1.165) is 23.1 Å². The number of ether oxygens (including phenoxy) is 2. The van der Waals surface area contributed by atoms with Crippen LogP contribution in [-0.4, -0.2) is 43.7 Å². The van der Waals surface area contributed by atoms with Gasteiger partial charge in [0.25, 0.3) is 11.8 Å². The Morgan fingerprint density at radius 1 is 0.837 bits per heavy atom. The van der Waals surface area contributed by atoms with Crippen molar-refractivity contribution in [2.75, 3.05) is 31.0 Å². The molecule has 4 aromatic rings. The molecule has 0 bridgehead atoms. The number of aryl methyl sites for hydroxylation is 1. The molecule has 0 spiro atoms. The quantitative estimate of drug-likeness (QED) is 0.162. The van der Waals surface area contributed by atoms with Gasteiger partial charge >= 0.3 is 5.97 Å². The lowest BCUT2D eigenvalue weighted by molar-refractivity contribution is -0.137. The summed E-state index contributed by atoms with van der Waals surface area (Å²) in [5, 5.41) is 11.7. The van der Waals surface area contributed by atoms with E-state index in [1.807, 2.05) is 61.5 Å². The standard InChI is InChI=1S/C35H36N2O6/c1-24-16-18-25(19-17-24)27-11-6-7-12-28(27)34(40)36-29-21-20-26(23-32(29)42-3)35(41)37(2)30-13-8-9-14-31(30)43-22-10-4-5-15-33(38)39/h6-9,11-14,16-21,23H,4-5,10,15,22H2,1-3H3,(H,36,40)(H,38,39). The largest absolute Gasteiger partial charge is 0.495 e. The maximum Gasteiger partial charge on any atom is 0.303 e. The molecule has 0 heterocycles. The van der Waals surface area contributed by atoms with Gasteiger partial charge in [-0.25, -0.2) is 0 Å². The van der Waals surface area contributed by atoms with E-state index in [-0.39, 0.29) is 18.2 Å². The topological polar surface area (TPSA) is 105 Å². The van der Waals surface area contributed by atoms with Gasteiger partial charge in [0.15, 0.2) is 0 Å². The molecule has 2 amide bonds. The van der Waals surface area contributed by atoms with Crippen LogP contribution in [0.4, 0.5) is 11.4 Å². The zero-order chi connectivity index (χ0) is 30.8. The number of aliphatic carboxylic acids is 1. The highest BCUT2D eigenvalue weighted by atomic mass is 16.5. The number of rotatable bonds is 13. The number of hydrogen-bond donors (Lipinski definition) is 2. The van der Waals surface area contributed by atoms with Crippen LogP contribution in [0.25, 0.3) is 11.1 Å². The number of para-hydroxylation sites is 2. The Balaban J connectivity index is 1.47. The third-order valence-corrected chi connectivity index (χ3v) is 7.05. The molecule has 0 atom stereocenters. The molecule has 0 aliphatic heterocycles. The normalized spacial score (nSPS) is 10.6. The van der Waals surface area contributed by atoms with Crippen LogP contribution in [0.3, 0.4) is 0 Å². The minimum atomic E-state index is -0.804. The van der Waals surface area contributed by atoms with Crippen molar-refractivity contribution < 1.29 is 29.0 Å². The summed E-state index contributed by atoms with van der Waals surface area (Å²) in [6.07, 6.45) is 2.18. The monoisotopic (exact) mass is 580 g/mol. The van der Waals surface area contributed by atoms with Gasteiger partial charge < -0.3 is 24.8 Å². The van der Waals surface area contributed by atoms with Crippen LogP contribution in [0.5, 0.6) is 11.5 Å². The summed E-state index contributed by atoms with van der Waals surface area (Å²) >= 11 is 0. The first-order valence-corrected chi connectivity index (χ1v) is 14.2. The lowest BCUT2D eigenvalue weighted by Crippen LogP contribution is -2.27. The van der Waals surface area contributed by atoms with Gasteiger partial charge in [-0.15, -0.1) is 0 Å². The Kier molecular flexibility index (Phi) is 10.5. The molecule has 0 saturated carbocycles. The Morgan fingerprint density at radius 2 is 1.56 bits per heavy atom. The molecule has 8 nitrogen and oxygen atoms in total. The number of anilines is 2. The molecule has 0 saturated heterocycles. The van der Waals surface area contributed by atoms with Crippen molar-refractivity contribution in [2.45, 2.75) is 32.6 Å². The predicted octanol–water partition coefficient (Wildman–Crippen LogP) is 7.22. The van der Waals surface area contributed by atoms with E-state index in [1.165, 1.54) is 12.0 Å². The van der Waals surface area contributed by atoms with Crippen molar-refractivity contribution >= 4 is 29.2 Å². The zero-order valence-corrected chi connectivity index (χ0v) is 24.6. The fourth-order valence-corrected chi connectivity index (χ4v) is 4.68. The molecular formula is C35H36N2O6. The predicted molar refractivity (Wildman–Crippen MR) is 168 cm³/mol. The summed E-state index contributed by atoms with van der Waals surface area (Å²) < 4.78 is 11.5. The third-order valence-electron chi connectivity index (χ3n) is 7.05. The van der Waals surface area contributed by atoms with Crippen LogP contribution in [-0.2, 0) is 4.79 Å². The summed E-state index contributed by atoms with van der Waals surface area (Å²) in [5.74, 6) is -0.467. The second kappa shape index (κ2) is 14.7. The van der Waals surface area contributed by atoms with E-state index in [9.17, 15) is 14.4 Å². The number of carboxylic acid groups (broad SMARTS) is 1. The number of nitrogens with zero attached hydrogens (tertiary/aromatic N) is 1. The number of carbonyl (C=O) groups is 3. The minimum absolute atomic E-state index is 0.139. The van der Waals surface area contributed by atoms with Gasteiger partial charge in [-0.3, -0.25) is 14.4 Å². The van der Waals surface area contributed by atoms with Crippen molar-refractivity contribution in [3.8, 4) is 22.6 Å². The SMILES string of the molecule is COc1cc(C(=O)N(C)c2ccccc2OCCCCCC(=O)O)ccc1NC(=O)c1ccccc1-c1ccc(C)cc1. The number of nitrogens with one attached hydrogen (secondary N) is 1. The molecule has 8 heteroatoms. The first kappa shape index (κ1) is 30.8. The molecule has 0 radical (unpaired) electrons. The summed E-state index contributed by atoms with van der Waals surface area (Å²) in [6, 6.07) is 27.6. The fraction of sp³-hybridized carbons (Fsp3) is 0.229. The van der Waals surface area contributed by atoms with Crippen molar-refractivity contribution in [3.63, 3.8) is 0 Å². The van der Waals surface area contributed by atoms with Crippen LogP contribution in [0.15, 0.2) is 91.0 Å². The minimum Gasteiger partial charge on any atom is -0.495 e. The van der Waals surface area contributed by atoms with E-state index in [4.69, 9.17) is 14.6 Å². The van der Waals surface area contributed by atoms with Gasteiger partial charge in [0.1, 0.15) is 11.5 Å². The summed E-state index contributed by atoms with van der Waals surface area (Å²) in [7, 11) is 3.16. The van der Waals surface area contributed by atoms with Gasteiger partial charge in [0.2, 0.25) is 0 Å². The van der Waals surface area contributed by atoms with Crippen molar-refractivity contribution in [2.24, 2.45) is 0 Å². The van der Waals surface area contributed by atoms with Gasteiger partial charge in [-0.05, 0) is 73.7 Å². The molecular weight excluding hydrogens is 544 g/mol. The highest BCUT2D eigenvalue weighted by molar-refractivity contribution is 6.10. The van der Waals surface area contributed by atoms with Crippen LogP contribution in [0, 0.1) is 6.92 Å². The average molecular weight is 581 g/mol. The smallest absolute Gasteiger partial charge is 0.303 e. The van der Waals surface area contributed by atoms with Crippen LogP contribution < -0.4 is 19.7 Å². The van der Waals surface area contributed by atoms with Crippen molar-refractivity contribution in [1.82, 2.24) is 0 Å². The van der Waals surface area contributed by atoms with E-state index >= 15 is 0 Å². The maximum absolute atomic E-state index is 13.5. The van der Waals surface area contributed by atoms with Crippen LogP contribution >= 0.6 is 0 Å². The molecule has 2 N–H and O–H groups in total. The maximum atomic E-state index is 13.5. The van der Waals surface area contributed by atoms with Gasteiger partial charge in [-0.1, -0.05) is 60.2 Å². The summed E-state index contributed by atoms with van der Waals surface area (Å²) in [5.41, 5.74) is 4.83. The lowest BCUT2D eigenvalue weighted by atomic mass is 9.98. The van der Waals surface area contributed by atoms with Crippen molar-refractivity contribution in [1.29, 1.82) is 0 Å². The molecule has 0 aliphatic carbocycles. The highest BCUT2D eigenvalue weighted by Crippen LogP contribution is 2.32. The van der Waals surface area contributed by atoms with Crippen LogP contribution in [0.2, 0.25) is 0 Å². The fourth-order valence-electron chi connectivity index (χ4n) is 4.68. The molecule has 222 valence electrons. The Hall–Kier alpha value is -5.11. The Bertz CT molecular complexity index is 1580. The van der Waals surface area contributed by atoms with Crippen molar-refractivity contribution in [3.05, 3.63) is 108 Å². The van der Waals surface area contributed by atoms with E-state index in [0.29, 0.717) is 53.4 Å². The van der Waals surface area contributed by atoms with E-state index in [1.54, 1.807) is 43.4 Å². The second-order valence-corrected chi connectivity index (χ2v) is 10.2.